The number of nitro groups is 1. The minimum Gasteiger partial charge on any atom is -0.467 e. The fourth-order valence-corrected chi connectivity index (χ4v) is 4.68. The monoisotopic (exact) mass is 385 g/mol. The molecule has 0 spiro atoms. The second kappa shape index (κ2) is 8.00. The van der Waals surface area contributed by atoms with Crippen molar-refractivity contribution in [2.24, 2.45) is 0 Å². The summed E-state index contributed by atoms with van der Waals surface area (Å²) in [5.41, 5.74) is -0.115. The zero-order valence-electron chi connectivity index (χ0n) is 15.0. The van der Waals surface area contributed by atoms with Crippen LogP contribution in [0.2, 0.25) is 0 Å². The lowest BCUT2D eigenvalue weighted by Crippen LogP contribution is -2.37. The number of sulfonamides is 1. The molecular weight excluding hydrogens is 362 g/mol. The van der Waals surface area contributed by atoms with Crippen molar-refractivity contribution in [3.8, 4) is 0 Å². The summed E-state index contributed by atoms with van der Waals surface area (Å²) < 4.78 is 31.3. The Labute approximate surface area is 152 Å². The molecule has 10 heteroatoms. The van der Waals surface area contributed by atoms with E-state index in [1.165, 1.54) is 23.5 Å². The summed E-state index contributed by atoms with van der Waals surface area (Å²) in [6.07, 6.45) is 1.22. The molecule has 0 aromatic heterocycles. The number of esters is 1. The van der Waals surface area contributed by atoms with Crippen molar-refractivity contribution >= 4 is 27.4 Å². The molecule has 1 aliphatic rings. The third-order valence-corrected chi connectivity index (χ3v) is 6.57. The van der Waals surface area contributed by atoms with E-state index in [1.807, 2.05) is 0 Å². The van der Waals surface area contributed by atoms with Crippen molar-refractivity contribution in [2.45, 2.75) is 37.6 Å². The predicted molar refractivity (Wildman–Crippen MR) is 95.6 cm³/mol. The van der Waals surface area contributed by atoms with Gasteiger partial charge in [0.1, 0.15) is 11.7 Å². The van der Waals surface area contributed by atoms with Crippen LogP contribution in [0.25, 0.3) is 0 Å². The Balaban J connectivity index is 2.51. The number of carbonyl (C=O) groups is 1. The topological polar surface area (TPSA) is 110 Å². The van der Waals surface area contributed by atoms with Gasteiger partial charge in [0, 0.05) is 25.7 Å². The van der Waals surface area contributed by atoms with Gasteiger partial charge in [-0.15, -0.1) is 0 Å². The van der Waals surface area contributed by atoms with Crippen molar-refractivity contribution in [3.63, 3.8) is 0 Å². The fourth-order valence-electron chi connectivity index (χ4n) is 3.20. The van der Waals surface area contributed by atoms with Gasteiger partial charge in [-0.2, -0.15) is 4.31 Å². The summed E-state index contributed by atoms with van der Waals surface area (Å²) in [6, 6.07) is 3.21. The Morgan fingerprint density at radius 1 is 1.38 bits per heavy atom. The molecule has 0 radical (unpaired) electrons. The van der Waals surface area contributed by atoms with Gasteiger partial charge in [0.05, 0.1) is 16.9 Å². The minimum absolute atomic E-state index is 0.134. The summed E-state index contributed by atoms with van der Waals surface area (Å²) in [5.74, 6) is -0.461. The van der Waals surface area contributed by atoms with Crippen LogP contribution in [0.5, 0.6) is 0 Å². The van der Waals surface area contributed by atoms with Gasteiger partial charge in [0.2, 0.25) is 10.0 Å². The average Bonchev–Trinajstić information content (AvgIpc) is 3.10. The Hall–Kier alpha value is -2.20. The molecular formula is C16H23N3O6S. The Morgan fingerprint density at radius 2 is 2.04 bits per heavy atom. The average molecular weight is 385 g/mol. The van der Waals surface area contributed by atoms with E-state index in [9.17, 15) is 23.3 Å². The lowest BCUT2D eigenvalue weighted by molar-refractivity contribution is -0.384. The molecule has 26 heavy (non-hydrogen) atoms. The number of carbonyl (C=O) groups excluding carboxylic acids is 1. The van der Waals surface area contributed by atoms with Crippen LogP contribution in [0.4, 0.5) is 11.4 Å². The normalized spacial score (nSPS) is 17.5. The molecule has 1 aliphatic heterocycles. The van der Waals surface area contributed by atoms with Gasteiger partial charge in [-0.3, -0.25) is 10.1 Å². The van der Waals surface area contributed by atoms with Gasteiger partial charge < -0.3 is 9.64 Å². The first kappa shape index (κ1) is 20.1. The lowest BCUT2D eigenvalue weighted by atomic mass is 10.2. The van der Waals surface area contributed by atoms with Crippen molar-refractivity contribution in [1.29, 1.82) is 0 Å². The quantitative estimate of drug-likeness (QED) is 0.399. The number of hydrogen-bond acceptors (Lipinski definition) is 7. The van der Waals surface area contributed by atoms with Gasteiger partial charge in [-0.05, 0) is 25.0 Å². The van der Waals surface area contributed by atoms with Crippen LogP contribution in [0, 0.1) is 10.1 Å². The van der Waals surface area contributed by atoms with Crippen LogP contribution in [-0.4, -0.2) is 56.4 Å². The zero-order valence-corrected chi connectivity index (χ0v) is 15.9. The number of ether oxygens (including phenoxy) is 1. The molecule has 2 rings (SSSR count). The second-order valence-electron chi connectivity index (χ2n) is 5.87. The second-order valence-corrected chi connectivity index (χ2v) is 7.81. The number of benzene rings is 1. The summed E-state index contributed by atoms with van der Waals surface area (Å²) in [4.78, 5) is 24.4. The van der Waals surface area contributed by atoms with Gasteiger partial charge in [-0.1, -0.05) is 13.8 Å². The standard InChI is InChI=1S/C16H23N3O6S/c1-4-17(5-2)26(23,24)12-8-9-13(15(11-12)19(21)22)18-10-6-7-14(18)16(20)25-3/h8-9,11,14H,4-7,10H2,1-3H3/t14-/m1/s1. The maximum Gasteiger partial charge on any atom is 0.328 e. The molecule has 144 valence electrons. The molecule has 0 bridgehead atoms. The largest absolute Gasteiger partial charge is 0.467 e. The van der Waals surface area contributed by atoms with E-state index >= 15 is 0 Å². The first-order chi connectivity index (χ1) is 12.3. The molecule has 0 unspecified atom stereocenters. The SMILES string of the molecule is CCN(CC)S(=O)(=O)c1ccc(N2CCC[C@@H]2C(=O)OC)c([N+](=O)[O-])c1. The summed E-state index contributed by atoms with van der Waals surface area (Å²) in [6.45, 7) is 4.41. The summed E-state index contributed by atoms with van der Waals surface area (Å²) in [5, 5.41) is 11.6. The van der Waals surface area contributed by atoms with Crippen molar-refractivity contribution in [1.82, 2.24) is 4.31 Å². The van der Waals surface area contributed by atoms with Gasteiger partial charge in [0.15, 0.2) is 0 Å². The third kappa shape index (κ3) is 3.65. The highest BCUT2D eigenvalue weighted by Gasteiger charge is 2.36. The van der Waals surface area contributed by atoms with Crippen molar-refractivity contribution < 1.29 is 22.9 Å². The number of anilines is 1. The highest BCUT2D eigenvalue weighted by atomic mass is 32.2. The van der Waals surface area contributed by atoms with E-state index in [0.29, 0.717) is 19.4 Å². The number of hydrogen-bond donors (Lipinski definition) is 0. The summed E-state index contributed by atoms with van der Waals surface area (Å²) in [7, 11) is -2.54. The molecule has 1 aromatic carbocycles. The van der Waals surface area contributed by atoms with E-state index in [0.717, 1.165) is 6.07 Å². The Kier molecular flexibility index (Phi) is 6.19. The molecule has 0 saturated carbocycles. The van der Waals surface area contributed by atoms with Crippen LogP contribution >= 0.6 is 0 Å². The molecule has 1 atom stereocenters. The van der Waals surface area contributed by atoms with Crippen LogP contribution in [-0.2, 0) is 19.6 Å². The van der Waals surface area contributed by atoms with Crippen LogP contribution in [0.1, 0.15) is 26.7 Å². The van der Waals surface area contributed by atoms with Crippen LogP contribution in [0.15, 0.2) is 23.1 Å². The Bertz CT molecular complexity index is 791. The smallest absolute Gasteiger partial charge is 0.328 e. The highest BCUT2D eigenvalue weighted by molar-refractivity contribution is 7.89. The van der Waals surface area contributed by atoms with Gasteiger partial charge in [0.25, 0.3) is 5.69 Å². The predicted octanol–water partition coefficient (Wildman–Crippen LogP) is 1.77. The molecule has 1 fully saturated rings. The maximum absolute atomic E-state index is 12.6. The minimum atomic E-state index is -3.81. The third-order valence-electron chi connectivity index (χ3n) is 4.52. The van der Waals surface area contributed by atoms with Crippen molar-refractivity contribution in [3.05, 3.63) is 28.3 Å². The molecule has 1 heterocycles. The first-order valence-electron chi connectivity index (χ1n) is 8.40. The molecule has 1 aromatic rings. The zero-order chi connectivity index (χ0) is 19.5. The van der Waals surface area contributed by atoms with E-state index < -0.39 is 27.0 Å². The van der Waals surface area contributed by atoms with Gasteiger partial charge >= 0.3 is 5.97 Å². The summed E-state index contributed by atoms with van der Waals surface area (Å²) >= 11 is 0. The molecule has 1 saturated heterocycles. The molecule has 0 aliphatic carbocycles. The van der Waals surface area contributed by atoms with E-state index in [-0.39, 0.29) is 29.4 Å². The number of nitrogens with zero attached hydrogens (tertiary/aromatic N) is 3. The fraction of sp³-hybridized carbons (Fsp3) is 0.562. The molecule has 9 nitrogen and oxygen atoms in total. The van der Waals surface area contributed by atoms with Crippen LogP contribution < -0.4 is 4.90 Å². The number of rotatable bonds is 7. The highest BCUT2D eigenvalue weighted by Crippen LogP contribution is 2.36. The molecule has 0 N–H and O–H groups in total. The Morgan fingerprint density at radius 3 is 2.58 bits per heavy atom. The van der Waals surface area contributed by atoms with E-state index in [1.54, 1.807) is 18.7 Å². The number of methoxy groups -OCH3 is 1. The lowest BCUT2D eigenvalue weighted by Gasteiger charge is -2.25. The molecule has 0 amide bonds. The first-order valence-corrected chi connectivity index (χ1v) is 9.85. The van der Waals surface area contributed by atoms with Crippen molar-refractivity contribution in [2.75, 3.05) is 31.6 Å². The van der Waals surface area contributed by atoms with E-state index in [2.05, 4.69) is 0 Å². The van der Waals surface area contributed by atoms with Crippen LogP contribution in [0.3, 0.4) is 0 Å². The van der Waals surface area contributed by atoms with Gasteiger partial charge in [-0.25, -0.2) is 13.2 Å². The number of nitro benzene ring substituents is 1. The maximum atomic E-state index is 12.6. The van der Waals surface area contributed by atoms with E-state index in [4.69, 9.17) is 4.74 Å².